The molecule has 0 heterocycles. The highest BCUT2D eigenvalue weighted by Gasteiger charge is 2.24. The largest absolute Gasteiger partial charge is 0.492 e. The molecule has 1 unspecified atom stereocenters. The highest BCUT2D eigenvalue weighted by Crippen LogP contribution is 2.41. The molecule has 1 aromatic rings. The lowest BCUT2D eigenvalue weighted by molar-refractivity contribution is -0.114. The third-order valence-electron chi connectivity index (χ3n) is 3.78. The number of nitrogens with zero attached hydrogens (tertiary/aromatic N) is 2. The van der Waals surface area contributed by atoms with Crippen molar-refractivity contribution in [2.75, 3.05) is 50.2 Å². The number of rotatable bonds is 7. The first-order valence-electron chi connectivity index (χ1n) is 8.23. The van der Waals surface area contributed by atoms with E-state index < -0.39 is 11.0 Å². The molecule has 0 bridgehead atoms. The lowest BCUT2D eigenvalue weighted by Gasteiger charge is -2.29. The van der Waals surface area contributed by atoms with E-state index in [9.17, 15) is 9.00 Å². The zero-order valence-corrected chi connectivity index (χ0v) is 17.4. The number of carbonyl (C=O) groups excluding carboxylic acids is 1. The molecular formula is C18H31N3O3S. The van der Waals surface area contributed by atoms with Crippen molar-refractivity contribution < 1.29 is 13.7 Å². The Labute approximate surface area is 154 Å². The summed E-state index contributed by atoms with van der Waals surface area (Å²) in [6.45, 7) is 9.10. The van der Waals surface area contributed by atoms with E-state index in [1.54, 1.807) is 17.7 Å². The number of hydrogen-bond acceptors (Lipinski definition) is 4. The van der Waals surface area contributed by atoms with Gasteiger partial charge in [0.05, 0.1) is 18.5 Å². The zero-order valence-electron chi connectivity index (χ0n) is 16.6. The molecule has 0 saturated carbocycles. The van der Waals surface area contributed by atoms with Crippen LogP contribution in [0.2, 0.25) is 0 Å². The molecule has 1 atom stereocenters. The van der Waals surface area contributed by atoms with Crippen LogP contribution in [-0.2, 0) is 21.2 Å². The Bertz CT molecular complexity index is 639. The lowest BCUT2D eigenvalue weighted by Crippen LogP contribution is -2.33. The van der Waals surface area contributed by atoms with Crippen molar-refractivity contribution >= 4 is 28.3 Å². The number of benzene rings is 1. The molecule has 0 aliphatic rings. The van der Waals surface area contributed by atoms with Gasteiger partial charge in [-0.3, -0.25) is 9.10 Å². The van der Waals surface area contributed by atoms with Gasteiger partial charge in [0.15, 0.2) is 5.75 Å². The topological polar surface area (TPSA) is 61.9 Å². The molecule has 0 aliphatic heterocycles. The van der Waals surface area contributed by atoms with Crippen LogP contribution in [0.5, 0.6) is 5.75 Å². The second-order valence-electron chi connectivity index (χ2n) is 7.34. The van der Waals surface area contributed by atoms with Crippen molar-refractivity contribution in [3.63, 3.8) is 0 Å². The molecule has 0 radical (unpaired) electrons. The maximum atomic E-state index is 12.4. The Morgan fingerprint density at radius 3 is 2.24 bits per heavy atom. The number of amides is 1. The van der Waals surface area contributed by atoms with Crippen molar-refractivity contribution in [3.05, 3.63) is 17.7 Å². The summed E-state index contributed by atoms with van der Waals surface area (Å²) in [5.41, 5.74) is 2.22. The van der Waals surface area contributed by atoms with Gasteiger partial charge in [0.25, 0.3) is 0 Å². The molecule has 1 aromatic carbocycles. The second-order valence-corrected chi connectivity index (χ2v) is 8.62. The fourth-order valence-corrected chi connectivity index (χ4v) is 3.16. The predicted molar refractivity (Wildman–Crippen MR) is 106 cm³/mol. The van der Waals surface area contributed by atoms with Crippen LogP contribution in [-0.4, -0.2) is 55.6 Å². The number of methoxy groups -OCH3 is 1. The minimum absolute atomic E-state index is 0.128. The Balaban J connectivity index is 3.56. The van der Waals surface area contributed by atoms with E-state index >= 15 is 0 Å². The van der Waals surface area contributed by atoms with Gasteiger partial charge in [0.2, 0.25) is 5.91 Å². The monoisotopic (exact) mass is 369 g/mol. The van der Waals surface area contributed by atoms with E-state index in [0.717, 1.165) is 17.8 Å². The van der Waals surface area contributed by atoms with Gasteiger partial charge in [-0.25, -0.2) is 4.21 Å². The van der Waals surface area contributed by atoms with Crippen LogP contribution < -0.4 is 14.4 Å². The second kappa shape index (κ2) is 8.67. The molecule has 0 fully saturated rings. The third kappa shape index (κ3) is 6.01. The minimum Gasteiger partial charge on any atom is -0.492 e. The molecule has 142 valence electrons. The molecule has 1 rings (SSSR count). The highest BCUT2D eigenvalue weighted by atomic mass is 32.2. The van der Waals surface area contributed by atoms with Crippen LogP contribution in [0.3, 0.4) is 0 Å². The molecule has 0 spiro atoms. The van der Waals surface area contributed by atoms with E-state index in [1.165, 1.54) is 6.92 Å². The van der Waals surface area contributed by atoms with Crippen molar-refractivity contribution in [2.45, 2.75) is 33.1 Å². The van der Waals surface area contributed by atoms with Crippen molar-refractivity contribution in [1.82, 2.24) is 4.90 Å². The fourth-order valence-electron chi connectivity index (χ4n) is 2.41. The van der Waals surface area contributed by atoms with Gasteiger partial charge in [-0.2, -0.15) is 0 Å². The van der Waals surface area contributed by atoms with Gasteiger partial charge in [0, 0.05) is 26.3 Å². The summed E-state index contributed by atoms with van der Waals surface area (Å²) in [5, 5.41) is 2.84. The Morgan fingerprint density at radius 2 is 1.84 bits per heavy atom. The van der Waals surface area contributed by atoms with Gasteiger partial charge in [-0.05, 0) is 37.2 Å². The average molecular weight is 370 g/mol. The summed E-state index contributed by atoms with van der Waals surface area (Å²) in [5.74, 6) is 0.352. The van der Waals surface area contributed by atoms with Gasteiger partial charge in [0.1, 0.15) is 11.0 Å². The van der Waals surface area contributed by atoms with E-state index in [0.29, 0.717) is 18.0 Å². The lowest BCUT2D eigenvalue weighted by atomic mass is 9.86. The first-order valence-corrected chi connectivity index (χ1v) is 9.74. The smallest absolute Gasteiger partial charge is 0.221 e. The molecule has 7 heteroatoms. The number of anilines is 2. The fraction of sp³-hybridized carbons (Fsp3) is 0.611. The molecule has 1 amide bonds. The van der Waals surface area contributed by atoms with Gasteiger partial charge >= 0.3 is 0 Å². The molecule has 0 aliphatic carbocycles. The van der Waals surface area contributed by atoms with E-state index in [-0.39, 0.29) is 11.3 Å². The number of ether oxygens (including phenoxy) is 1. The molecule has 0 saturated heterocycles. The summed E-state index contributed by atoms with van der Waals surface area (Å²) < 4.78 is 19.8. The summed E-state index contributed by atoms with van der Waals surface area (Å²) >= 11 is 0. The highest BCUT2D eigenvalue weighted by molar-refractivity contribution is 7.85. The van der Waals surface area contributed by atoms with Gasteiger partial charge < -0.3 is 15.0 Å². The normalized spacial score (nSPS) is 12.8. The minimum atomic E-state index is -1.22. The standard InChI is InChI=1S/C18H31N3O3S/c1-13(22)19-15-11-14(18(2,3)4)12-16(17(15)24-7)21(25(8)23)10-9-20(5)6/h11-12H,9-10H2,1-8H3,(H,19,22). The van der Waals surface area contributed by atoms with E-state index in [1.807, 2.05) is 31.1 Å². The number of likely N-dealkylation sites (N-methyl/N-ethyl adjacent to an activating group) is 1. The average Bonchev–Trinajstić information content (AvgIpc) is 2.44. The van der Waals surface area contributed by atoms with Crippen molar-refractivity contribution in [2.24, 2.45) is 0 Å². The third-order valence-corrected chi connectivity index (χ3v) is 4.78. The van der Waals surface area contributed by atoms with E-state index in [2.05, 4.69) is 26.1 Å². The number of carbonyl (C=O) groups is 1. The van der Waals surface area contributed by atoms with Crippen LogP contribution in [0.4, 0.5) is 11.4 Å². The Kier molecular flexibility index (Phi) is 7.44. The summed E-state index contributed by atoms with van der Waals surface area (Å²) in [4.78, 5) is 13.7. The van der Waals surface area contributed by atoms with Crippen LogP contribution in [0.15, 0.2) is 12.1 Å². The summed E-state index contributed by atoms with van der Waals surface area (Å²) in [6.07, 6.45) is 1.65. The Hall–Kier alpha value is -1.60. The maximum absolute atomic E-state index is 12.4. The number of nitrogens with one attached hydrogen (secondary N) is 1. The zero-order chi connectivity index (χ0) is 19.4. The van der Waals surface area contributed by atoms with Crippen molar-refractivity contribution in [3.8, 4) is 5.75 Å². The predicted octanol–water partition coefficient (Wildman–Crippen LogP) is 2.61. The first kappa shape index (κ1) is 21.4. The van der Waals surface area contributed by atoms with E-state index in [4.69, 9.17) is 4.74 Å². The molecule has 0 aromatic heterocycles. The first-order chi connectivity index (χ1) is 11.5. The summed E-state index contributed by atoms with van der Waals surface area (Å²) in [6, 6.07) is 3.92. The molecule has 1 N–H and O–H groups in total. The van der Waals surface area contributed by atoms with Crippen LogP contribution in [0, 0.1) is 0 Å². The molecule has 25 heavy (non-hydrogen) atoms. The quantitative estimate of drug-likeness (QED) is 0.802. The van der Waals surface area contributed by atoms with Crippen LogP contribution in [0.25, 0.3) is 0 Å². The maximum Gasteiger partial charge on any atom is 0.221 e. The Morgan fingerprint density at radius 1 is 1.24 bits per heavy atom. The number of hydrogen-bond donors (Lipinski definition) is 1. The van der Waals surface area contributed by atoms with Crippen LogP contribution in [0.1, 0.15) is 33.3 Å². The van der Waals surface area contributed by atoms with Crippen LogP contribution >= 0.6 is 0 Å². The van der Waals surface area contributed by atoms with Gasteiger partial charge in [-0.1, -0.05) is 20.8 Å². The molecule has 6 nitrogen and oxygen atoms in total. The molecular weight excluding hydrogens is 338 g/mol. The SMILES string of the molecule is COc1c(NC(C)=O)cc(C(C)(C)C)cc1N(CCN(C)C)S(C)=O. The summed E-state index contributed by atoms with van der Waals surface area (Å²) in [7, 11) is 4.28. The van der Waals surface area contributed by atoms with Gasteiger partial charge in [-0.15, -0.1) is 0 Å². The van der Waals surface area contributed by atoms with Crippen molar-refractivity contribution in [1.29, 1.82) is 0 Å².